The Kier molecular flexibility index (Phi) is 5.05. The van der Waals surface area contributed by atoms with E-state index in [-0.39, 0.29) is 18.4 Å². The lowest BCUT2D eigenvalue weighted by molar-refractivity contribution is -0.119. The Hall–Kier alpha value is -1.50. The molecular formula is C16H18ClNO2. The summed E-state index contributed by atoms with van der Waals surface area (Å²) >= 11 is 6.10. The number of halogens is 1. The van der Waals surface area contributed by atoms with E-state index in [0.717, 1.165) is 18.4 Å². The average molecular weight is 292 g/mol. The number of aliphatic hydroxyl groups is 1. The van der Waals surface area contributed by atoms with Crippen LogP contribution in [0.25, 0.3) is 0 Å². The second kappa shape index (κ2) is 6.78. The van der Waals surface area contributed by atoms with Gasteiger partial charge in [0.15, 0.2) is 0 Å². The van der Waals surface area contributed by atoms with Crippen LogP contribution >= 0.6 is 11.6 Å². The largest absolute Gasteiger partial charge is 0.395 e. The van der Waals surface area contributed by atoms with Gasteiger partial charge in [-0.25, -0.2) is 0 Å². The van der Waals surface area contributed by atoms with Crippen LogP contribution in [0.15, 0.2) is 18.2 Å². The number of hydrogen-bond acceptors (Lipinski definition) is 2. The molecule has 20 heavy (non-hydrogen) atoms. The van der Waals surface area contributed by atoms with Crippen molar-refractivity contribution in [1.29, 1.82) is 0 Å². The third-order valence-electron chi connectivity index (χ3n) is 3.44. The molecular weight excluding hydrogens is 274 g/mol. The van der Waals surface area contributed by atoms with E-state index in [2.05, 4.69) is 17.2 Å². The highest BCUT2D eigenvalue weighted by atomic mass is 35.5. The highest BCUT2D eigenvalue weighted by molar-refractivity contribution is 6.33. The smallest absolute Gasteiger partial charge is 0.227 e. The predicted octanol–water partition coefficient (Wildman–Crippen LogP) is 3.06. The van der Waals surface area contributed by atoms with E-state index in [1.54, 1.807) is 18.2 Å². The Morgan fingerprint density at radius 1 is 1.55 bits per heavy atom. The summed E-state index contributed by atoms with van der Waals surface area (Å²) in [6, 6.07) is 5.29. The topological polar surface area (TPSA) is 49.3 Å². The molecule has 1 unspecified atom stereocenters. The van der Waals surface area contributed by atoms with Crippen LogP contribution in [0.4, 0.5) is 5.69 Å². The summed E-state index contributed by atoms with van der Waals surface area (Å²) in [6.07, 6.45) is 2.70. The van der Waals surface area contributed by atoms with Crippen LogP contribution in [-0.4, -0.2) is 17.6 Å². The third-order valence-corrected chi connectivity index (χ3v) is 3.77. The number of benzene rings is 1. The number of carbonyl (C=O) groups excluding carboxylic acids is 1. The second-order valence-corrected chi connectivity index (χ2v) is 5.49. The van der Waals surface area contributed by atoms with Gasteiger partial charge in [-0.1, -0.05) is 30.4 Å². The Balaban J connectivity index is 2.08. The molecule has 0 radical (unpaired) electrons. The first kappa shape index (κ1) is 14.9. The molecule has 0 aromatic heterocycles. The molecule has 1 atom stereocenters. The van der Waals surface area contributed by atoms with Crippen molar-refractivity contribution >= 4 is 23.2 Å². The number of nitrogens with one attached hydrogen (secondary N) is 1. The van der Waals surface area contributed by atoms with E-state index in [0.29, 0.717) is 23.0 Å². The van der Waals surface area contributed by atoms with Crippen molar-refractivity contribution in [3.8, 4) is 11.8 Å². The fourth-order valence-corrected chi connectivity index (χ4v) is 2.14. The third kappa shape index (κ3) is 4.00. The summed E-state index contributed by atoms with van der Waals surface area (Å²) in [5.74, 6) is 6.32. The van der Waals surface area contributed by atoms with Crippen molar-refractivity contribution in [3.63, 3.8) is 0 Å². The first-order valence-corrected chi connectivity index (χ1v) is 7.19. The van der Waals surface area contributed by atoms with Crippen molar-refractivity contribution < 1.29 is 9.90 Å². The van der Waals surface area contributed by atoms with Crippen LogP contribution in [-0.2, 0) is 4.79 Å². The zero-order valence-electron chi connectivity index (χ0n) is 11.4. The van der Waals surface area contributed by atoms with Crippen molar-refractivity contribution in [2.24, 2.45) is 11.8 Å². The molecule has 1 aliphatic rings. The fourth-order valence-electron chi connectivity index (χ4n) is 1.98. The Labute approximate surface area is 124 Å². The molecule has 106 valence electrons. The van der Waals surface area contributed by atoms with Crippen molar-refractivity contribution in [2.45, 2.75) is 26.2 Å². The number of aliphatic hydroxyl groups excluding tert-OH is 1. The summed E-state index contributed by atoms with van der Waals surface area (Å²) in [6.45, 7) is 1.99. The van der Waals surface area contributed by atoms with Gasteiger partial charge in [0, 0.05) is 17.9 Å². The molecule has 2 rings (SSSR count). The summed E-state index contributed by atoms with van der Waals surface area (Å²) < 4.78 is 0. The van der Waals surface area contributed by atoms with E-state index >= 15 is 0 Å². The van der Waals surface area contributed by atoms with Gasteiger partial charge in [-0.3, -0.25) is 4.79 Å². The molecule has 1 fully saturated rings. The van der Waals surface area contributed by atoms with Crippen molar-refractivity contribution in [1.82, 2.24) is 0 Å². The monoisotopic (exact) mass is 291 g/mol. The minimum atomic E-state index is 0.00914. The summed E-state index contributed by atoms with van der Waals surface area (Å²) in [4.78, 5) is 12.1. The van der Waals surface area contributed by atoms with Gasteiger partial charge in [-0.05, 0) is 37.0 Å². The number of amides is 1. The summed E-state index contributed by atoms with van der Waals surface area (Å²) in [7, 11) is 0. The lowest BCUT2D eigenvalue weighted by atomic mass is 10.1. The molecule has 1 aromatic rings. The standard InChI is InChI=1S/C16H18ClNO2/c1-11(13-6-7-13)16(20)18-15-10-12(4-2-3-9-19)5-8-14(15)17/h5,8,10-11,13,19H,3,6-7,9H2,1H3,(H,18,20). The lowest BCUT2D eigenvalue weighted by Crippen LogP contribution is -2.22. The molecule has 1 amide bonds. The maximum atomic E-state index is 12.1. The number of carbonyl (C=O) groups is 1. The predicted molar refractivity (Wildman–Crippen MR) is 80.6 cm³/mol. The Morgan fingerprint density at radius 3 is 2.95 bits per heavy atom. The van der Waals surface area contributed by atoms with Gasteiger partial charge < -0.3 is 10.4 Å². The minimum absolute atomic E-state index is 0.00914. The zero-order chi connectivity index (χ0) is 14.5. The van der Waals surface area contributed by atoms with Crippen molar-refractivity contribution in [3.05, 3.63) is 28.8 Å². The molecule has 2 N–H and O–H groups in total. The van der Waals surface area contributed by atoms with Gasteiger partial charge >= 0.3 is 0 Å². The highest BCUT2D eigenvalue weighted by Gasteiger charge is 2.32. The molecule has 0 heterocycles. The van der Waals surface area contributed by atoms with Crippen LogP contribution in [0.5, 0.6) is 0 Å². The molecule has 1 saturated carbocycles. The van der Waals surface area contributed by atoms with Crippen LogP contribution in [0.2, 0.25) is 5.02 Å². The van der Waals surface area contributed by atoms with Gasteiger partial charge in [0.1, 0.15) is 0 Å². The SMILES string of the molecule is CC(C(=O)Nc1cc(C#CCCO)ccc1Cl)C1CC1. The van der Waals surface area contributed by atoms with E-state index < -0.39 is 0 Å². The van der Waals surface area contributed by atoms with E-state index in [1.807, 2.05) is 6.92 Å². The maximum absolute atomic E-state index is 12.1. The van der Waals surface area contributed by atoms with Crippen LogP contribution in [0, 0.1) is 23.7 Å². The summed E-state index contributed by atoms with van der Waals surface area (Å²) in [5, 5.41) is 12.1. The van der Waals surface area contributed by atoms with E-state index in [1.165, 1.54) is 0 Å². The number of anilines is 1. The van der Waals surface area contributed by atoms with E-state index in [9.17, 15) is 4.79 Å². The van der Waals surface area contributed by atoms with Gasteiger partial charge in [0.2, 0.25) is 5.91 Å². The van der Waals surface area contributed by atoms with Crippen LogP contribution in [0.1, 0.15) is 31.7 Å². The second-order valence-electron chi connectivity index (χ2n) is 5.09. The Bertz CT molecular complexity index is 555. The maximum Gasteiger partial charge on any atom is 0.227 e. The van der Waals surface area contributed by atoms with Gasteiger partial charge in [0.05, 0.1) is 17.3 Å². The van der Waals surface area contributed by atoms with Crippen LogP contribution < -0.4 is 5.32 Å². The molecule has 0 bridgehead atoms. The molecule has 0 spiro atoms. The molecule has 1 aromatic carbocycles. The highest BCUT2D eigenvalue weighted by Crippen LogP contribution is 2.37. The first-order chi connectivity index (χ1) is 9.61. The van der Waals surface area contributed by atoms with Gasteiger partial charge in [0.25, 0.3) is 0 Å². The van der Waals surface area contributed by atoms with Gasteiger partial charge in [-0.15, -0.1) is 0 Å². The molecule has 0 aliphatic heterocycles. The van der Waals surface area contributed by atoms with Crippen LogP contribution in [0.3, 0.4) is 0 Å². The van der Waals surface area contributed by atoms with E-state index in [4.69, 9.17) is 16.7 Å². The first-order valence-electron chi connectivity index (χ1n) is 6.82. The Morgan fingerprint density at radius 2 is 2.30 bits per heavy atom. The normalized spacial score (nSPS) is 15.2. The molecule has 3 nitrogen and oxygen atoms in total. The quantitative estimate of drug-likeness (QED) is 0.838. The molecule has 1 aliphatic carbocycles. The number of hydrogen-bond donors (Lipinski definition) is 2. The molecule has 0 saturated heterocycles. The fraction of sp³-hybridized carbons (Fsp3) is 0.438. The van der Waals surface area contributed by atoms with Gasteiger partial charge in [-0.2, -0.15) is 0 Å². The zero-order valence-corrected chi connectivity index (χ0v) is 12.2. The molecule has 4 heteroatoms. The van der Waals surface area contributed by atoms with Crippen molar-refractivity contribution in [2.75, 3.05) is 11.9 Å². The minimum Gasteiger partial charge on any atom is -0.395 e. The average Bonchev–Trinajstić information content (AvgIpc) is 3.26. The lowest BCUT2D eigenvalue weighted by Gasteiger charge is -2.12. The summed E-state index contributed by atoms with van der Waals surface area (Å²) in [5.41, 5.74) is 1.37. The number of rotatable bonds is 4.